The lowest BCUT2D eigenvalue weighted by Gasteiger charge is -2.35. The van der Waals surface area contributed by atoms with Crippen LogP contribution in [-0.2, 0) is 10.8 Å². The average molecular weight is 968 g/mol. The molecule has 0 aliphatic heterocycles. The molecule has 0 saturated carbocycles. The molecule has 12 aromatic carbocycles. The van der Waals surface area contributed by atoms with Gasteiger partial charge in [-0.2, -0.15) is 0 Å². The van der Waals surface area contributed by atoms with Crippen LogP contribution in [0.25, 0.3) is 66.4 Å². The number of furan rings is 1. The number of para-hydroxylation sites is 2. The highest BCUT2D eigenvalue weighted by molar-refractivity contribution is 6.09. The van der Waals surface area contributed by atoms with E-state index < -0.39 is 10.8 Å². The molecule has 0 N–H and O–H groups in total. The van der Waals surface area contributed by atoms with Crippen molar-refractivity contribution < 1.29 is 4.42 Å². The molecule has 0 amide bonds. The van der Waals surface area contributed by atoms with Crippen LogP contribution in [0.3, 0.4) is 0 Å². The number of fused-ring (bicyclic) bond motifs is 9. The van der Waals surface area contributed by atoms with E-state index in [1.807, 2.05) is 6.07 Å². The Morgan fingerprint density at radius 3 is 1.26 bits per heavy atom. The third kappa shape index (κ3) is 6.47. The van der Waals surface area contributed by atoms with Gasteiger partial charge in [-0.15, -0.1) is 0 Å². The van der Waals surface area contributed by atoms with Gasteiger partial charge < -0.3 is 9.32 Å². The zero-order valence-electron chi connectivity index (χ0n) is 41.6. The number of hydrogen-bond acceptors (Lipinski definition) is 2. The Bertz CT molecular complexity index is 4240. The van der Waals surface area contributed by atoms with Crippen molar-refractivity contribution in [2.45, 2.75) is 10.8 Å². The van der Waals surface area contributed by atoms with E-state index in [0.717, 1.165) is 61.3 Å². The maximum Gasteiger partial charge on any atom is 0.143 e. The Morgan fingerprint density at radius 1 is 0.250 bits per heavy atom. The maximum atomic E-state index is 6.51. The summed E-state index contributed by atoms with van der Waals surface area (Å²) in [5, 5.41) is 2.26. The van der Waals surface area contributed by atoms with Crippen LogP contribution in [0.4, 0.5) is 17.1 Å². The van der Waals surface area contributed by atoms with Crippen LogP contribution in [0, 0.1) is 0 Å². The molecule has 2 heteroatoms. The van der Waals surface area contributed by atoms with Gasteiger partial charge >= 0.3 is 0 Å². The molecular weight excluding hydrogens is 919 g/mol. The van der Waals surface area contributed by atoms with Gasteiger partial charge in [-0.05, 0) is 132 Å². The van der Waals surface area contributed by atoms with Crippen LogP contribution < -0.4 is 4.90 Å². The standard InChI is InChI=1S/C74H49NO/c1-4-22-53(23-5-1)73(67-34-14-10-28-61(67)62-29-11-15-35-68(62)73)56-40-44-58(45-41-56)75(57-42-38-50(39-43-57)51-20-18-21-52(48-51)60-32-19-33-66-65-31-13-17-37-71(65)76-72(60)66)59-46-47-64-63-30-12-16-36-69(63)74(70(64)49-59,54-24-6-2-7-25-54)55-26-8-3-9-27-55/h1-49H. The van der Waals surface area contributed by atoms with Crippen molar-refractivity contribution in [3.8, 4) is 44.5 Å². The summed E-state index contributed by atoms with van der Waals surface area (Å²) in [7, 11) is 0. The topological polar surface area (TPSA) is 16.4 Å². The number of benzene rings is 12. The van der Waals surface area contributed by atoms with Gasteiger partial charge in [0.25, 0.3) is 0 Å². The first-order valence-corrected chi connectivity index (χ1v) is 26.3. The zero-order valence-corrected chi connectivity index (χ0v) is 41.6. The van der Waals surface area contributed by atoms with Gasteiger partial charge in [0.2, 0.25) is 0 Å². The van der Waals surface area contributed by atoms with E-state index in [9.17, 15) is 0 Å². The molecule has 0 radical (unpaired) electrons. The van der Waals surface area contributed by atoms with Crippen LogP contribution >= 0.6 is 0 Å². The largest absolute Gasteiger partial charge is 0.455 e. The minimum absolute atomic E-state index is 0.506. The number of nitrogens with zero attached hydrogens (tertiary/aromatic N) is 1. The molecule has 0 spiro atoms. The fraction of sp³-hybridized carbons (Fsp3) is 0.0270. The van der Waals surface area contributed by atoms with E-state index >= 15 is 0 Å². The first kappa shape index (κ1) is 43.8. The summed E-state index contributed by atoms with van der Waals surface area (Å²) in [4.78, 5) is 2.45. The summed E-state index contributed by atoms with van der Waals surface area (Å²) in [6.45, 7) is 0. The lowest BCUT2D eigenvalue weighted by molar-refractivity contribution is 0.670. The molecule has 1 aromatic heterocycles. The van der Waals surface area contributed by atoms with Crippen molar-refractivity contribution in [1.29, 1.82) is 0 Å². The molecular formula is C74H49NO. The van der Waals surface area contributed by atoms with Crippen LogP contribution in [0.1, 0.15) is 44.5 Å². The molecule has 356 valence electrons. The molecule has 2 aliphatic rings. The lowest BCUT2D eigenvalue weighted by atomic mass is 9.67. The third-order valence-electron chi connectivity index (χ3n) is 16.5. The number of anilines is 3. The van der Waals surface area contributed by atoms with Crippen LogP contribution in [0.2, 0.25) is 0 Å². The van der Waals surface area contributed by atoms with E-state index in [0.29, 0.717) is 0 Å². The molecule has 15 rings (SSSR count). The highest BCUT2D eigenvalue weighted by atomic mass is 16.3. The van der Waals surface area contributed by atoms with E-state index in [2.05, 4.69) is 296 Å². The highest BCUT2D eigenvalue weighted by Crippen LogP contribution is 2.59. The first-order chi connectivity index (χ1) is 37.7. The third-order valence-corrected chi connectivity index (χ3v) is 16.5. The second kappa shape index (κ2) is 17.4. The molecule has 76 heavy (non-hydrogen) atoms. The SMILES string of the molecule is c1ccc(C2(c3ccc(N(c4ccc(-c5cccc(-c6cccc7c6oc6ccccc67)c5)cc4)c4ccc5c(c4)C(c4ccccc4)(c4ccccc4)c4ccccc4-5)cc3)c3ccccc3-c3ccccc32)cc1. The second-order valence-electron chi connectivity index (χ2n) is 20.3. The summed E-state index contributed by atoms with van der Waals surface area (Å²) < 4.78 is 6.51. The molecule has 0 unspecified atom stereocenters. The molecule has 2 aliphatic carbocycles. The number of rotatable bonds is 9. The summed E-state index contributed by atoms with van der Waals surface area (Å²) in [6.07, 6.45) is 0. The minimum Gasteiger partial charge on any atom is -0.455 e. The quantitative estimate of drug-likeness (QED) is 0.143. The highest BCUT2D eigenvalue weighted by Gasteiger charge is 2.47. The summed E-state index contributed by atoms with van der Waals surface area (Å²) in [5.74, 6) is 0. The normalized spacial score (nSPS) is 13.5. The van der Waals surface area contributed by atoms with E-state index in [1.165, 1.54) is 66.8 Å². The van der Waals surface area contributed by atoms with Gasteiger partial charge in [0.1, 0.15) is 11.2 Å². The monoisotopic (exact) mass is 967 g/mol. The molecule has 13 aromatic rings. The summed E-state index contributed by atoms with van der Waals surface area (Å²) in [6, 6.07) is 109. The molecule has 1 heterocycles. The van der Waals surface area contributed by atoms with E-state index in [4.69, 9.17) is 4.42 Å². The molecule has 2 nitrogen and oxygen atoms in total. The van der Waals surface area contributed by atoms with Crippen molar-refractivity contribution in [2.24, 2.45) is 0 Å². The van der Waals surface area contributed by atoms with Gasteiger partial charge in [-0.3, -0.25) is 0 Å². The minimum atomic E-state index is -0.549. The van der Waals surface area contributed by atoms with Crippen LogP contribution in [-0.4, -0.2) is 0 Å². The van der Waals surface area contributed by atoms with Crippen molar-refractivity contribution >= 4 is 39.0 Å². The second-order valence-corrected chi connectivity index (χ2v) is 20.3. The smallest absolute Gasteiger partial charge is 0.143 e. The Balaban J connectivity index is 0.904. The summed E-state index contributed by atoms with van der Waals surface area (Å²) in [5.41, 5.74) is 23.7. The number of hydrogen-bond donors (Lipinski definition) is 0. The van der Waals surface area contributed by atoms with Crippen molar-refractivity contribution in [3.05, 3.63) is 342 Å². The lowest BCUT2D eigenvalue weighted by Crippen LogP contribution is -2.29. The average Bonchev–Trinajstić information content (AvgIpc) is 4.29. The van der Waals surface area contributed by atoms with Gasteiger partial charge in [0.15, 0.2) is 0 Å². The molecule has 0 atom stereocenters. The molecule has 0 saturated heterocycles. The van der Waals surface area contributed by atoms with Gasteiger partial charge in [-0.1, -0.05) is 249 Å². The fourth-order valence-electron chi connectivity index (χ4n) is 13.2. The van der Waals surface area contributed by atoms with Gasteiger partial charge in [0, 0.05) is 33.4 Å². The predicted octanol–water partition coefficient (Wildman–Crippen LogP) is 19.1. The molecule has 0 bridgehead atoms. The van der Waals surface area contributed by atoms with Gasteiger partial charge in [-0.25, -0.2) is 0 Å². The maximum absolute atomic E-state index is 6.51. The van der Waals surface area contributed by atoms with E-state index in [-0.39, 0.29) is 0 Å². The summed E-state index contributed by atoms with van der Waals surface area (Å²) >= 11 is 0. The van der Waals surface area contributed by atoms with Crippen LogP contribution in [0.5, 0.6) is 0 Å². The van der Waals surface area contributed by atoms with Crippen molar-refractivity contribution in [2.75, 3.05) is 4.90 Å². The Labute approximate surface area is 443 Å². The first-order valence-electron chi connectivity index (χ1n) is 26.3. The Kier molecular flexibility index (Phi) is 10.0. The van der Waals surface area contributed by atoms with Crippen molar-refractivity contribution in [3.63, 3.8) is 0 Å². The predicted molar refractivity (Wildman–Crippen MR) is 314 cm³/mol. The Hall–Kier alpha value is -9.76. The Morgan fingerprint density at radius 2 is 0.671 bits per heavy atom. The molecule has 0 fully saturated rings. The van der Waals surface area contributed by atoms with E-state index in [1.54, 1.807) is 0 Å². The van der Waals surface area contributed by atoms with Crippen molar-refractivity contribution in [1.82, 2.24) is 0 Å². The fourth-order valence-corrected chi connectivity index (χ4v) is 13.2. The zero-order chi connectivity index (χ0) is 50.2. The van der Waals surface area contributed by atoms with Gasteiger partial charge in [0.05, 0.1) is 10.8 Å². The van der Waals surface area contributed by atoms with Crippen LogP contribution in [0.15, 0.2) is 302 Å².